The molecule has 1 aliphatic carbocycles. The summed E-state index contributed by atoms with van der Waals surface area (Å²) in [5, 5.41) is 3.02. The lowest BCUT2D eigenvalue weighted by molar-refractivity contribution is 0.323. The van der Waals surface area contributed by atoms with Crippen LogP contribution in [0.25, 0.3) is 0 Å². The molecule has 28 heavy (non-hydrogen) atoms. The van der Waals surface area contributed by atoms with Crippen molar-refractivity contribution < 1.29 is 12.8 Å². The Morgan fingerprint density at radius 2 is 1.75 bits per heavy atom. The van der Waals surface area contributed by atoms with Gasteiger partial charge in [-0.25, -0.2) is 17.5 Å². The Balaban J connectivity index is 1.49. The zero-order valence-electron chi connectivity index (χ0n) is 17.1. The maximum atomic E-state index is 14.1. The van der Waals surface area contributed by atoms with Crippen molar-refractivity contribution in [2.45, 2.75) is 70.1 Å². The predicted molar refractivity (Wildman–Crippen MR) is 114 cm³/mol. The van der Waals surface area contributed by atoms with Crippen LogP contribution in [0.2, 0.25) is 0 Å². The molecule has 7 heteroatoms. The van der Waals surface area contributed by atoms with Crippen LogP contribution in [0.3, 0.4) is 0 Å². The fourth-order valence-electron chi connectivity index (χ4n) is 4.13. The molecule has 0 atom stereocenters. The van der Waals surface area contributed by atoms with E-state index in [0.29, 0.717) is 5.92 Å². The molecule has 158 valence electrons. The highest BCUT2D eigenvalue weighted by Crippen LogP contribution is 2.28. The number of piperidine rings is 1. The number of hydrogen-bond donors (Lipinski definition) is 2. The molecule has 1 heterocycles. The molecular formula is C21H34FN3O2S. The SMILES string of the molecule is CC(C)S(=O)(=O)NC1CCC(CNc2cc(F)cc(N3CCCCC3)c2)CC1. The Morgan fingerprint density at radius 3 is 2.39 bits per heavy atom. The number of sulfonamides is 1. The largest absolute Gasteiger partial charge is 0.385 e. The average molecular weight is 412 g/mol. The van der Waals surface area contributed by atoms with E-state index in [0.717, 1.165) is 56.7 Å². The van der Waals surface area contributed by atoms with E-state index in [1.165, 1.54) is 19.3 Å². The summed E-state index contributed by atoms with van der Waals surface area (Å²) in [5.41, 5.74) is 1.80. The van der Waals surface area contributed by atoms with E-state index in [4.69, 9.17) is 0 Å². The normalized spacial score (nSPS) is 23.8. The molecule has 0 unspecified atom stereocenters. The van der Waals surface area contributed by atoms with Crippen molar-refractivity contribution in [1.29, 1.82) is 0 Å². The van der Waals surface area contributed by atoms with Gasteiger partial charge in [-0.2, -0.15) is 0 Å². The fourth-order valence-corrected chi connectivity index (χ4v) is 5.10. The van der Waals surface area contributed by atoms with Gasteiger partial charge in [-0.3, -0.25) is 0 Å². The molecule has 1 aromatic rings. The first-order chi connectivity index (χ1) is 13.3. The summed E-state index contributed by atoms with van der Waals surface area (Å²) in [4.78, 5) is 2.27. The van der Waals surface area contributed by atoms with Gasteiger partial charge in [0.2, 0.25) is 10.0 Å². The molecule has 2 fully saturated rings. The Kier molecular flexibility index (Phi) is 7.20. The van der Waals surface area contributed by atoms with Crippen LogP contribution in [-0.2, 0) is 10.0 Å². The van der Waals surface area contributed by atoms with E-state index in [2.05, 4.69) is 21.0 Å². The molecular weight excluding hydrogens is 377 g/mol. The predicted octanol–water partition coefficient (Wildman–Crippen LogP) is 4.11. The van der Waals surface area contributed by atoms with Gasteiger partial charge in [-0.05, 0) is 82.9 Å². The highest BCUT2D eigenvalue weighted by atomic mass is 32.2. The Morgan fingerprint density at radius 1 is 1.07 bits per heavy atom. The molecule has 1 aromatic carbocycles. The second-order valence-electron chi connectivity index (χ2n) is 8.56. The average Bonchev–Trinajstić information content (AvgIpc) is 2.67. The van der Waals surface area contributed by atoms with Crippen LogP contribution in [0, 0.1) is 11.7 Å². The minimum atomic E-state index is -3.20. The molecule has 0 radical (unpaired) electrons. The molecule has 1 aliphatic heterocycles. The maximum absolute atomic E-state index is 14.1. The lowest BCUT2D eigenvalue weighted by Gasteiger charge is -2.30. The third-order valence-corrected chi connectivity index (χ3v) is 7.90. The van der Waals surface area contributed by atoms with Crippen LogP contribution in [0.4, 0.5) is 15.8 Å². The maximum Gasteiger partial charge on any atom is 0.214 e. The van der Waals surface area contributed by atoms with Crippen molar-refractivity contribution in [2.24, 2.45) is 5.92 Å². The van der Waals surface area contributed by atoms with Gasteiger partial charge in [0, 0.05) is 37.1 Å². The molecule has 2 aliphatic rings. The van der Waals surface area contributed by atoms with Crippen molar-refractivity contribution in [1.82, 2.24) is 4.72 Å². The van der Waals surface area contributed by atoms with E-state index in [9.17, 15) is 12.8 Å². The summed E-state index contributed by atoms with van der Waals surface area (Å²) >= 11 is 0. The zero-order valence-corrected chi connectivity index (χ0v) is 17.9. The van der Waals surface area contributed by atoms with Crippen LogP contribution in [0.1, 0.15) is 58.8 Å². The first-order valence-electron chi connectivity index (χ1n) is 10.6. The highest BCUT2D eigenvalue weighted by molar-refractivity contribution is 7.90. The minimum Gasteiger partial charge on any atom is -0.385 e. The smallest absolute Gasteiger partial charge is 0.214 e. The quantitative estimate of drug-likeness (QED) is 0.709. The molecule has 2 N–H and O–H groups in total. The molecule has 1 saturated carbocycles. The zero-order chi connectivity index (χ0) is 20.1. The topological polar surface area (TPSA) is 61.4 Å². The Labute approximate surface area is 169 Å². The minimum absolute atomic E-state index is 0.0449. The van der Waals surface area contributed by atoms with Crippen molar-refractivity contribution in [3.05, 3.63) is 24.0 Å². The molecule has 3 rings (SSSR count). The van der Waals surface area contributed by atoms with Gasteiger partial charge in [0.1, 0.15) is 5.82 Å². The summed E-state index contributed by atoms with van der Waals surface area (Å²) < 4.78 is 41.0. The summed E-state index contributed by atoms with van der Waals surface area (Å²) in [7, 11) is -3.20. The second kappa shape index (κ2) is 9.44. The number of halogens is 1. The number of hydrogen-bond acceptors (Lipinski definition) is 4. The number of rotatable bonds is 7. The number of benzene rings is 1. The van der Waals surface area contributed by atoms with Gasteiger partial charge >= 0.3 is 0 Å². The number of nitrogens with zero attached hydrogens (tertiary/aromatic N) is 1. The summed E-state index contributed by atoms with van der Waals surface area (Å²) in [6.07, 6.45) is 7.28. The molecule has 0 aromatic heterocycles. The van der Waals surface area contributed by atoms with E-state index < -0.39 is 15.3 Å². The van der Waals surface area contributed by atoms with E-state index in [1.54, 1.807) is 26.0 Å². The van der Waals surface area contributed by atoms with Gasteiger partial charge in [-0.15, -0.1) is 0 Å². The van der Waals surface area contributed by atoms with Crippen molar-refractivity contribution in [3.8, 4) is 0 Å². The van der Waals surface area contributed by atoms with E-state index in [-0.39, 0.29) is 11.9 Å². The summed E-state index contributed by atoms with van der Waals surface area (Å²) in [6.45, 7) is 6.20. The molecule has 0 amide bonds. The lowest BCUT2D eigenvalue weighted by atomic mass is 9.86. The second-order valence-corrected chi connectivity index (χ2v) is 10.8. The van der Waals surface area contributed by atoms with Crippen LogP contribution < -0.4 is 14.9 Å². The van der Waals surface area contributed by atoms with Gasteiger partial charge in [-0.1, -0.05) is 0 Å². The lowest BCUT2D eigenvalue weighted by Crippen LogP contribution is -2.41. The van der Waals surface area contributed by atoms with Gasteiger partial charge < -0.3 is 10.2 Å². The van der Waals surface area contributed by atoms with Crippen LogP contribution >= 0.6 is 0 Å². The molecule has 1 saturated heterocycles. The standard InChI is InChI=1S/C21H34FN3O2S/c1-16(2)28(26,27)24-19-8-6-17(7-9-19)15-23-20-12-18(22)13-21(14-20)25-10-4-3-5-11-25/h12-14,16-17,19,23-24H,3-11,15H2,1-2H3. The third-order valence-electron chi connectivity index (χ3n) is 6.00. The van der Waals surface area contributed by atoms with Crippen LogP contribution in [0.5, 0.6) is 0 Å². The molecule has 0 bridgehead atoms. The van der Waals surface area contributed by atoms with Crippen LogP contribution in [0.15, 0.2) is 18.2 Å². The number of nitrogens with one attached hydrogen (secondary N) is 2. The Bertz CT molecular complexity index is 740. The number of anilines is 2. The fraction of sp³-hybridized carbons (Fsp3) is 0.714. The highest BCUT2D eigenvalue weighted by Gasteiger charge is 2.26. The van der Waals surface area contributed by atoms with Crippen LogP contribution in [-0.4, -0.2) is 39.3 Å². The monoisotopic (exact) mass is 411 g/mol. The summed E-state index contributed by atoms with van der Waals surface area (Å²) in [6, 6.07) is 5.29. The van der Waals surface area contributed by atoms with E-state index in [1.807, 2.05) is 0 Å². The van der Waals surface area contributed by atoms with Gasteiger partial charge in [0.15, 0.2) is 0 Å². The van der Waals surface area contributed by atoms with Crippen molar-refractivity contribution in [2.75, 3.05) is 29.9 Å². The molecule has 5 nitrogen and oxygen atoms in total. The molecule has 0 spiro atoms. The van der Waals surface area contributed by atoms with E-state index >= 15 is 0 Å². The first kappa shape index (κ1) is 21.4. The van der Waals surface area contributed by atoms with Crippen molar-refractivity contribution >= 4 is 21.4 Å². The Hall–Kier alpha value is -1.34. The van der Waals surface area contributed by atoms with Gasteiger partial charge in [0.25, 0.3) is 0 Å². The first-order valence-corrected chi connectivity index (χ1v) is 12.2. The third kappa shape index (κ3) is 5.83. The van der Waals surface area contributed by atoms with Gasteiger partial charge in [0.05, 0.1) is 5.25 Å². The summed E-state index contributed by atoms with van der Waals surface area (Å²) in [5.74, 6) is 0.291. The van der Waals surface area contributed by atoms with Crippen molar-refractivity contribution in [3.63, 3.8) is 0 Å².